The van der Waals surface area contributed by atoms with Gasteiger partial charge in [-0.05, 0) is 75.1 Å². The standard InChI is InChI=1S/C30H33N7O2/c1-36-11-7-22(8-12-36)37-18-21(16-33-37)34-28(38)20-13-24-25(17-32-27(24)31-15-20)19-5-6-23-26(14-19)30(35-29(23)39)9-3-2-4-10-30/h5-6,13-18,22H,2-4,7-12H2,1H3,(H,31,32)(H,34,38)(H,35,39). The van der Waals surface area contributed by atoms with Crippen LogP contribution in [0, 0.1) is 0 Å². The molecule has 2 fully saturated rings. The number of aromatic nitrogens is 4. The molecule has 4 aromatic rings. The molecular formula is C30H33N7O2. The molecule has 0 atom stereocenters. The van der Waals surface area contributed by atoms with Crippen molar-refractivity contribution < 1.29 is 9.59 Å². The third-order valence-corrected chi connectivity index (χ3v) is 8.87. The van der Waals surface area contributed by atoms with Crippen molar-refractivity contribution in [2.75, 3.05) is 25.5 Å². The zero-order chi connectivity index (χ0) is 26.6. The van der Waals surface area contributed by atoms with Gasteiger partial charge in [-0.15, -0.1) is 0 Å². The first-order valence-corrected chi connectivity index (χ1v) is 14.0. The fourth-order valence-corrected chi connectivity index (χ4v) is 6.64. The molecule has 7 rings (SSSR count). The molecule has 5 heterocycles. The molecule has 0 radical (unpaired) electrons. The van der Waals surface area contributed by atoms with Crippen LogP contribution in [-0.2, 0) is 5.54 Å². The molecule has 0 unspecified atom stereocenters. The first kappa shape index (κ1) is 24.1. The van der Waals surface area contributed by atoms with Crippen LogP contribution in [0.1, 0.15) is 77.3 Å². The van der Waals surface area contributed by atoms with Crippen LogP contribution < -0.4 is 10.6 Å². The number of hydrogen-bond donors (Lipinski definition) is 3. The first-order valence-electron chi connectivity index (χ1n) is 14.0. The van der Waals surface area contributed by atoms with Crippen LogP contribution in [0.15, 0.2) is 49.1 Å². The zero-order valence-corrected chi connectivity index (χ0v) is 22.2. The van der Waals surface area contributed by atoms with E-state index >= 15 is 0 Å². The summed E-state index contributed by atoms with van der Waals surface area (Å²) in [6.07, 6.45) is 14.7. The number of amides is 2. The van der Waals surface area contributed by atoms with Gasteiger partial charge < -0.3 is 20.5 Å². The Labute approximate surface area is 227 Å². The number of likely N-dealkylation sites (tertiary alicyclic amines) is 1. The van der Waals surface area contributed by atoms with Crippen molar-refractivity contribution in [3.8, 4) is 11.1 Å². The maximum Gasteiger partial charge on any atom is 0.257 e. The predicted molar refractivity (Wildman–Crippen MR) is 150 cm³/mol. The molecule has 3 N–H and O–H groups in total. The quantitative estimate of drug-likeness (QED) is 0.355. The summed E-state index contributed by atoms with van der Waals surface area (Å²) < 4.78 is 1.97. The van der Waals surface area contributed by atoms with E-state index in [-0.39, 0.29) is 17.4 Å². The second-order valence-corrected chi connectivity index (χ2v) is 11.4. The topological polar surface area (TPSA) is 108 Å². The Kier molecular flexibility index (Phi) is 5.77. The van der Waals surface area contributed by atoms with E-state index in [1.54, 1.807) is 12.4 Å². The number of nitrogens with zero attached hydrogens (tertiary/aromatic N) is 4. The lowest BCUT2D eigenvalue weighted by molar-refractivity contribution is 0.0909. The number of benzene rings is 1. The number of aromatic amines is 1. The van der Waals surface area contributed by atoms with E-state index in [0.29, 0.717) is 17.3 Å². The van der Waals surface area contributed by atoms with Crippen molar-refractivity contribution in [1.29, 1.82) is 0 Å². The lowest BCUT2D eigenvalue weighted by Crippen LogP contribution is -2.40. The lowest BCUT2D eigenvalue weighted by atomic mass is 9.77. The summed E-state index contributed by atoms with van der Waals surface area (Å²) in [5.41, 5.74) is 5.49. The highest BCUT2D eigenvalue weighted by Gasteiger charge is 2.43. The number of carbonyl (C=O) groups is 2. The fourth-order valence-electron chi connectivity index (χ4n) is 6.64. The van der Waals surface area contributed by atoms with Gasteiger partial charge in [0.2, 0.25) is 0 Å². The molecule has 2 aliphatic heterocycles. The molecule has 1 saturated heterocycles. The molecule has 2 amide bonds. The van der Waals surface area contributed by atoms with Crippen molar-refractivity contribution in [3.63, 3.8) is 0 Å². The minimum Gasteiger partial charge on any atom is -0.346 e. The highest BCUT2D eigenvalue weighted by molar-refractivity contribution is 6.07. The number of nitrogens with one attached hydrogen (secondary N) is 3. The van der Waals surface area contributed by atoms with Gasteiger partial charge in [0.1, 0.15) is 5.65 Å². The summed E-state index contributed by atoms with van der Waals surface area (Å²) in [6, 6.07) is 8.34. The van der Waals surface area contributed by atoms with E-state index in [0.717, 1.165) is 84.9 Å². The van der Waals surface area contributed by atoms with E-state index in [2.05, 4.69) is 43.7 Å². The van der Waals surface area contributed by atoms with Crippen molar-refractivity contribution in [3.05, 3.63) is 65.7 Å². The summed E-state index contributed by atoms with van der Waals surface area (Å²) in [4.78, 5) is 36.1. The van der Waals surface area contributed by atoms with Gasteiger partial charge in [0.15, 0.2) is 0 Å². The largest absolute Gasteiger partial charge is 0.346 e. The predicted octanol–water partition coefficient (Wildman–Crippen LogP) is 4.85. The number of anilines is 1. The van der Waals surface area contributed by atoms with E-state index in [4.69, 9.17) is 0 Å². The van der Waals surface area contributed by atoms with Crippen molar-refractivity contribution in [2.45, 2.75) is 56.5 Å². The normalized spacial score (nSPS) is 19.4. The van der Waals surface area contributed by atoms with Gasteiger partial charge in [-0.25, -0.2) is 4.98 Å². The Balaban J connectivity index is 1.15. The van der Waals surface area contributed by atoms with Crippen LogP contribution in [0.4, 0.5) is 5.69 Å². The number of hydrogen-bond acceptors (Lipinski definition) is 5. The molecule has 39 heavy (non-hydrogen) atoms. The summed E-state index contributed by atoms with van der Waals surface area (Å²) >= 11 is 0. The first-order chi connectivity index (χ1) is 19.0. The number of piperidine rings is 1. The van der Waals surface area contributed by atoms with E-state index in [1.165, 1.54) is 6.42 Å². The Morgan fingerprint density at radius 2 is 1.90 bits per heavy atom. The number of fused-ring (bicyclic) bond motifs is 3. The molecule has 3 aromatic heterocycles. The number of carbonyl (C=O) groups excluding carboxylic acids is 2. The average molecular weight is 524 g/mol. The highest BCUT2D eigenvalue weighted by atomic mass is 16.2. The summed E-state index contributed by atoms with van der Waals surface area (Å²) in [7, 11) is 2.14. The van der Waals surface area contributed by atoms with Gasteiger partial charge in [0, 0.05) is 35.1 Å². The van der Waals surface area contributed by atoms with Crippen LogP contribution in [0.2, 0.25) is 0 Å². The minimum absolute atomic E-state index is 0.0251. The van der Waals surface area contributed by atoms with Crippen LogP contribution in [0.5, 0.6) is 0 Å². The molecule has 9 heteroatoms. The number of H-pyrrole nitrogens is 1. The third kappa shape index (κ3) is 4.21. The summed E-state index contributed by atoms with van der Waals surface area (Å²) in [5, 5.41) is 11.7. The number of pyridine rings is 1. The average Bonchev–Trinajstić information content (AvgIpc) is 3.66. The Morgan fingerprint density at radius 3 is 2.72 bits per heavy atom. The maximum atomic E-state index is 13.2. The van der Waals surface area contributed by atoms with Crippen LogP contribution in [0.25, 0.3) is 22.2 Å². The van der Waals surface area contributed by atoms with Gasteiger partial charge in [0.05, 0.1) is 29.0 Å². The monoisotopic (exact) mass is 523 g/mol. The molecule has 1 aliphatic carbocycles. The van der Waals surface area contributed by atoms with Gasteiger partial charge in [-0.3, -0.25) is 14.3 Å². The van der Waals surface area contributed by atoms with Crippen LogP contribution >= 0.6 is 0 Å². The number of rotatable bonds is 4. The van der Waals surface area contributed by atoms with Crippen LogP contribution in [-0.4, -0.2) is 56.6 Å². The SMILES string of the molecule is CN1CCC(n2cc(NC(=O)c3cnc4[nH]cc(-c5ccc6c(c5)C5(CCCCC5)NC6=O)c4c3)cn2)CC1. The Hall–Kier alpha value is -3.98. The van der Waals surface area contributed by atoms with Gasteiger partial charge >= 0.3 is 0 Å². The molecule has 0 bridgehead atoms. The fraction of sp³-hybridized carbons (Fsp3) is 0.400. The van der Waals surface area contributed by atoms with Gasteiger partial charge in [0.25, 0.3) is 11.8 Å². The van der Waals surface area contributed by atoms with Gasteiger partial charge in [-0.2, -0.15) is 5.10 Å². The molecule has 1 aromatic carbocycles. The molecule has 3 aliphatic rings. The second-order valence-electron chi connectivity index (χ2n) is 11.4. The van der Waals surface area contributed by atoms with E-state index < -0.39 is 0 Å². The maximum absolute atomic E-state index is 13.2. The second kappa shape index (κ2) is 9.34. The molecular weight excluding hydrogens is 490 g/mol. The summed E-state index contributed by atoms with van der Waals surface area (Å²) in [5.74, 6) is -0.193. The third-order valence-electron chi connectivity index (χ3n) is 8.87. The molecule has 200 valence electrons. The molecule has 9 nitrogen and oxygen atoms in total. The van der Waals surface area contributed by atoms with Crippen molar-refractivity contribution in [2.24, 2.45) is 0 Å². The zero-order valence-electron chi connectivity index (χ0n) is 22.2. The van der Waals surface area contributed by atoms with E-state index in [9.17, 15) is 9.59 Å². The Morgan fingerprint density at radius 1 is 1.08 bits per heavy atom. The molecule has 1 spiro atoms. The smallest absolute Gasteiger partial charge is 0.257 e. The Bertz CT molecular complexity index is 1570. The molecule has 1 saturated carbocycles. The lowest BCUT2D eigenvalue weighted by Gasteiger charge is -2.34. The van der Waals surface area contributed by atoms with E-state index in [1.807, 2.05) is 35.3 Å². The minimum atomic E-state index is -0.256. The van der Waals surface area contributed by atoms with Crippen LogP contribution in [0.3, 0.4) is 0 Å². The van der Waals surface area contributed by atoms with Gasteiger partial charge in [-0.1, -0.05) is 25.3 Å². The van der Waals surface area contributed by atoms with Crippen molar-refractivity contribution in [1.82, 2.24) is 30.0 Å². The highest BCUT2D eigenvalue weighted by Crippen LogP contribution is 2.44. The summed E-state index contributed by atoms with van der Waals surface area (Å²) in [6.45, 7) is 2.10. The van der Waals surface area contributed by atoms with Crippen molar-refractivity contribution >= 4 is 28.5 Å².